The molecule has 0 bridgehead atoms. The Morgan fingerprint density at radius 3 is 2.00 bits per heavy atom. The molecule has 2 aromatic rings. The van der Waals surface area contributed by atoms with Gasteiger partial charge in [0, 0.05) is 25.2 Å². The van der Waals surface area contributed by atoms with Gasteiger partial charge in [0.05, 0.1) is 44.6 Å². The molecule has 1 saturated heterocycles. The molecular formula is C22H28N2O7S. The van der Waals surface area contributed by atoms with Crippen molar-refractivity contribution < 1.29 is 32.2 Å². The van der Waals surface area contributed by atoms with Crippen molar-refractivity contribution in [3.8, 4) is 23.0 Å². The molecule has 174 valence electrons. The summed E-state index contributed by atoms with van der Waals surface area (Å²) in [4.78, 5) is 13.2. The molecule has 9 nitrogen and oxygen atoms in total. The number of sulfonamides is 1. The van der Waals surface area contributed by atoms with Crippen molar-refractivity contribution in [2.45, 2.75) is 24.2 Å². The molecule has 0 aliphatic carbocycles. The third kappa shape index (κ3) is 4.76. The van der Waals surface area contributed by atoms with Crippen molar-refractivity contribution in [3.63, 3.8) is 0 Å². The molecule has 0 atom stereocenters. The van der Waals surface area contributed by atoms with Crippen LogP contribution in [0, 0.1) is 0 Å². The Balaban J connectivity index is 1.96. The molecule has 1 aliphatic heterocycles. The minimum Gasteiger partial charge on any atom is -0.496 e. The van der Waals surface area contributed by atoms with Gasteiger partial charge in [0.15, 0.2) is 11.5 Å². The van der Waals surface area contributed by atoms with Gasteiger partial charge in [-0.1, -0.05) is 6.42 Å². The maximum atomic E-state index is 13.1. The highest BCUT2D eigenvalue weighted by molar-refractivity contribution is 7.89. The summed E-state index contributed by atoms with van der Waals surface area (Å²) in [6.45, 7) is 0.970. The van der Waals surface area contributed by atoms with Crippen molar-refractivity contribution in [2.75, 3.05) is 46.8 Å². The second-order valence-electron chi connectivity index (χ2n) is 7.19. The number of amides is 1. The van der Waals surface area contributed by atoms with Gasteiger partial charge in [-0.05, 0) is 31.0 Å². The van der Waals surface area contributed by atoms with Gasteiger partial charge in [-0.2, -0.15) is 4.31 Å². The largest absolute Gasteiger partial charge is 0.496 e. The van der Waals surface area contributed by atoms with Gasteiger partial charge in [0.1, 0.15) is 11.5 Å². The average Bonchev–Trinajstić information content (AvgIpc) is 2.83. The van der Waals surface area contributed by atoms with Crippen molar-refractivity contribution in [1.29, 1.82) is 0 Å². The molecule has 1 fully saturated rings. The molecule has 0 spiro atoms. The van der Waals surface area contributed by atoms with Crippen LogP contribution in [-0.2, 0) is 10.0 Å². The fourth-order valence-corrected chi connectivity index (χ4v) is 5.14. The lowest BCUT2D eigenvalue weighted by atomic mass is 10.1. The highest BCUT2D eigenvalue weighted by Crippen LogP contribution is 2.36. The van der Waals surface area contributed by atoms with Gasteiger partial charge in [-0.15, -0.1) is 0 Å². The van der Waals surface area contributed by atoms with E-state index in [1.165, 1.54) is 57.0 Å². The Kier molecular flexibility index (Phi) is 7.47. The molecule has 1 heterocycles. The van der Waals surface area contributed by atoms with Gasteiger partial charge in [-0.3, -0.25) is 4.79 Å². The van der Waals surface area contributed by atoms with Crippen LogP contribution in [0.1, 0.15) is 29.6 Å². The predicted octanol–water partition coefficient (Wildman–Crippen LogP) is 3.15. The Morgan fingerprint density at radius 2 is 1.41 bits per heavy atom. The van der Waals surface area contributed by atoms with Crippen LogP contribution in [0.5, 0.6) is 23.0 Å². The molecular weight excluding hydrogens is 436 g/mol. The number of piperidine rings is 1. The number of benzene rings is 2. The molecule has 1 N–H and O–H groups in total. The standard InChI is InChI=1S/C22H28N2O7S/c1-28-18-9-8-15(32(26,27)24-10-6-5-7-11-24)12-17(18)23-22(25)16-13-20(30-3)21(31-4)14-19(16)29-2/h8-9,12-14H,5-7,10-11H2,1-4H3,(H,23,25). The topological polar surface area (TPSA) is 103 Å². The van der Waals surface area contributed by atoms with E-state index in [0.717, 1.165) is 19.3 Å². The first-order chi connectivity index (χ1) is 15.3. The van der Waals surface area contributed by atoms with Gasteiger partial charge in [0.25, 0.3) is 5.91 Å². The second-order valence-corrected chi connectivity index (χ2v) is 9.13. The zero-order chi connectivity index (χ0) is 23.3. The maximum Gasteiger partial charge on any atom is 0.259 e. The number of nitrogens with zero attached hydrogens (tertiary/aromatic N) is 1. The fraction of sp³-hybridized carbons (Fsp3) is 0.409. The summed E-state index contributed by atoms with van der Waals surface area (Å²) in [5, 5.41) is 2.73. The number of hydrogen-bond donors (Lipinski definition) is 1. The van der Waals surface area contributed by atoms with Crippen molar-refractivity contribution in [1.82, 2.24) is 4.31 Å². The number of hydrogen-bond acceptors (Lipinski definition) is 7. The monoisotopic (exact) mass is 464 g/mol. The van der Waals surface area contributed by atoms with E-state index in [0.29, 0.717) is 30.3 Å². The van der Waals surface area contributed by atoms with E-state index >= 15 is 0 Å². The maximum absolute atomic E-state index is 13.1. The highest BCUT2D eigenvalue weighted by atomic mass is 32.2. The summed E-state index contributed by atoms with van der Waals surface area (Å²) in [5.41, 5.74) is 0.420. The molecule has 10 heteroatoms. The van der Waals surface area contributed by atoms with Gasteiger partial charge in [-0.25, -0.2) is 8.42 Å². The van der Waals surface area contributed by atoms with E-state index in [4.69, 9.17) is 18.9 Å². The molecule has 2 aromatic carbocycles. The molecule has 0 unspecified atom stereocenters. The lowest BCUT2D eigenvalue weighted by Gasteiger charge is -2.26. The lowest BCUT2D eigenvalue weighted by molar-refractivity contribution is 0.102. The summed E-state index contributed by atoms with van der Waals surface area (Å²) in [5.74, 6) is 0.847. The smallest absolute Gasteiger partial charge is 0.259 e. The molecule has 0 saturated carbocycles. The number of methoxy groups -OCH3 is 4. The molecule has 32 heavy (non-hydrogen) atoms. The summed E-state index contributed by atoms with van der Waals surface area (Å²) in [6, 6.07) is 7.46. The summed E-state index contributed by atoms with van der Waals surface area (Å²) in [7, 11) is 2.15. The van der Waals surface area contributed by atoms with E-state index in [1.807, 2.05) is 0 Å². The second kappa shape index (κ2) is 10.1. The average molecular weight is 465 g/mol. The van der Waals surface area contributed by atoms with Crippen LogP contribution in [-0.4, -0.2) is 60.2 Å². The van der Waals surface area contributed by atoms with Crippen LogP contribution in [0.3, 0.4) is 0 Å². The number of carbonyl (C=O) groups excluding carboxylic acids is 1. The van der Waals surface area contributed by atoms with E-state index in [2.05, 4.69) is 5.32 Å². The zero-order valence-electron chi connectivity index (χ0n) is 18.6. The van der Waals surface area contributed by atoms with Gasteiger partial charge < -0.3 is 24.3 Å². The zero-order valence-corrected chi connectivity index (χ0v) is 19.5. The van der Waals surface area contributed by atoms with E-state index in [-0.39, 0.29) is 21.9 Å². The Hall–Kier alpha value is -2.98. The third-order valence-electron chi connectivity index (χ3n) is 5.32. The van der Waals surface area contributed by atoms with Gasteiger partial charge in [0.2, 0.25) is 10.0 Å². The van der Waals surface area contributed by atoms with E-state index in [9.17, 15) is 13.2 Å². The molecule has 0 aromatic heterocycles. The van der Waals surface area contributed by atoms with Crippen LogP contribution in [0.4, 0.5) is 5.69 Å². The van der Waals surface area contributed by atoms with Crippen molar-refractivity contribution >= 4 is 21.6 Å². The molecule has 3 rings (SSSR count). The number of rotatable bonds is 8. The number of nitrogens with one attached hydrogen (secondary N) is 1. The molecule has 0 radical (unpaired) electrons. The quantitative estimate of drug-likeness (QED) is 0.640. The predicted molar refractivity (Wildman–Crippen MR) is 120 cm³/mol. The van der Waals surface area contributed by atoms with Gasteiger partial charge >= 0.3 is 0 Å². The first-order valence-electron chi connectivity index (χ1n) is 10.1. The molecule has 1 amide bonds. The van der Waals surface area contributed by atoms with Crippen molar-refractivity contribution in [3.05, 3.63) is 35.9 Å². The normalized spacial score (nSPS) is 14.5. The minimum absolute atomic E-state index is 0.0924. The highest BCUT2D eigenvalue weighted by Gasteiger charge is 2.27. The van der Waals surface area contributed by atoms with Crippen LogP contribution in [0.15, 0.2) is 35.2 Å². The number of ether oxygens (including phenoxy) is 4. The van der Waals surface area contributed by atoms with Crippen LogP contribution in [0.25, 0.3) is 0 Å². The SMILES string of the molecule is COc1ccc(S(=O)(=O)N2CCCCC2)cc1NC(=O)c1cc(OC)c(OC)cc1OC. The summed E-state index contributed by atoms with van der Waals surface area (Å²) < 4.78 is 48.8. The van der Waals surface area contributed by atoms with Crippen LogP contribution >= 0.6 is 0 Å². The van der Waals surface area contributed by atoms with Crippen LogP contribution in [0.2, 0.25) is 0 Å². The first-order valence-corrected chi connectivity index (χ1v) is 11.6. The number of carbonyl (C=O) groups is 1. The third-order valence-corrected chi connectivity index (χ3v) is 7.22. The van der Waals surface area contributed by atoms with Crippen LogP contribution < -0.4 is 24.3 Å². The Labute approximate surface area is 188 Å². The Bertz CT molecular complexity index is 1080. The summed E-state index contributed by atoms with van der Waals surface area (Å²) in [6.07, 6.45) is 2.68. The number of anilines is 1. The minimum atomic E-state index is -3.68. The first kappa shape index (κ1) is 23.7. The van der Waals surface area contributed by atoms with Crippen molar-refractivity contribution in [2.24, 2.45) is 0 Å². The van der Waals surface area contributed by atoms with E-state index in [1.54, 1.807) is 6.07 Å². The lowest BCUT2D eigenvalue weighted by Crippen LogP contribution is -2.35. The Morgan fingerprint density at radius 1 is 0.812 bits per heavy atom. The summed E-state index contributed by atoms with van der Waals surface area (Å²) >= 11 is 0. The van der Waals surface area contributed by atoms with E-state index < -0.39 is 15.9 Å². The fourth-order valence-electron chi connectivity index (χ4n) is 3.60. The molecule has 1 aliphatic rings.